The van der Waals surface area contributed by atoms with Crippen molar-refractivity contribution in [1.29, 1.82) is 0 Å². The quantitative estimate of drug-likeness (QED) is 0.0173. The summed E-state index contributed by atoms with van der Waals surface area (Å²) in [6.45, 7) is 11.9. The van der Waals surface area contributed by atoms with Gasteiger partial charge < -0.3 is 57.2 Å². The fourth-order valence-corrected chi connectivity index (χ4v) is 7.41. The second kappa shape index (κ2) is 28.0. The van der Waals surface area contributed by atoms with Crippen LogP contribution in [0, 0.1) is 10.1 Å². The number of aromatic hydroxyl groups is 1. The molecule has 1 aliphatic carbocycles. The molecule has 0 unspecified atom stereocenters. The first-order chi connectivity index (χ1) is 31.8. The van der Waals surface area contributed by atoms with Gasteiger partial charge in [0, 0.05) is 118 Å². The molecule has 0 spiro atoms. The SMILES string of the molecule is CCN(CCc1ccc([N+](=O)[O-])cc1)c1ccc(-c2c3ccc(=[N+](CCOCCOC)CCOCCOC)cc-3oc3cc(N(CCOCCOC)CCOCCOC)ccc23)c(O)c1. The number of methoxy groups -OCH3 is 4. The van der Waals surface area contributed by atoms with Crippen LogP contribution in [0.4, 0.5) is 17.1 Å². The second-order valence-electron chi connectivity index (χ2n) is 15.2. The van der Waals surface area contributed by atoms with Gasteiger partial charge in [-0.3, -0.25) is 10.1 Å². The third-order valence-electron chi connectivity index (χ3n) is 11.0. The Kier molecular flexibility index (Phi) is 21.9. The molecule has 1 N–H and O–H groups in total. The van der Waals surface area contributed by atoms with Crippen LogP contribution in [-0.4, -0.2) is 157 Å². The van der Waals surface area contributed by atoms with Crippen LogP contribution in [0.25, 0.3) is 33.4 Å². The van der Waals surface area contributed by atoms with Gasteiger partial charge in [0.1, 0.15) is 30.3 Å². The van der Waals surface area contributed by atoms with Crippen molar-refractivity contribution in [3.05, 3.63) is 99.9 Å². The van der Waals surface area contributed by atoms with E-state index in [0.29, 0.717) is 142 Å². The summed E-state index contributed by atoms with van der Waals surface area (Å²) in [4.78, 5) is 15.2. The molecule has 1 aliphatic heterocycles. The Hall–Kier alpha value is -5.17. The number of hydrogen-bond donors (Lipinski definition) is 1. The summed E-state index contributed by atoms with van der Waals surface area (Å²) in [7, 11) is 6.62. The number of anilines is 2. The molecule has 0 fully saturated rings. The van der Waals surface area contributed by atoms with Crippen molar-refractivity contribution in [3.8, 4) is 28.2 Å². The van der Waals surface area contributed by atoms with E-state index in [9.17, 15) is 15.2 Å². The molecule has 16 heteroatoms. The Labute approximate surface area is 382 Å². The predicted molar refractivity (Wildman–Crippen MR) is 253 cm³/mol. The van der Waals surface area contributed by atoms with E-state index in [1.807, 2.05) is 30.3 Å². The fraction of sp³-hybridized carbons (Fsp3) is 0.490. The molecule has 3 aromatic carbocycles. The number of ether oxygens (including phenoxy) is 8. The van der Waals surface area contributed by atoms with E-state index in [0.717, 1.165) is 38.8 Å². The van der Waals surface area contributed by atoms with Gasteiger partial charge in [-0.2, -0.15) is 0 Å². The largest absolute Gasteiger partial charge is 0.507 e. The lowest BCUT2D eigenvalue weighted by Gasteiger charge is -2.26. The smallest absolute Gasteiger partial charge is 0.269 e. The van der Waals surface area contributed by atoms with Crippen LogP contribution in [0.1, 0.15) is 12.5 Å². The minimum atomic E-state index is -0.392. The molecule has 354 valence electrons. The molecule has 16 nitrogen and oxygen atoms in total. The molecule has 0 bridgehead atoms. The van der Waals surface area contributed by atoms with Crippen molar-refractivity contribution >= 4 is 28.0 Å². The van der Waals surface area contributed by atoms with Crippen molar-refractivity contribution in [1.82, 2.24) is 4.58 Å². The van der Waals surface area contributed by atoms with Crippen LogP contribution in [0.2, 0.25) is 0 Å². The van der Waals surface area contributed by atoms with Crippen LogP contribution >= 0.6 is 0 Å². The first kappa shape index (κ1) is 50.8. The number of fused-ring (bicyclic) bond motifs is 2. The van der Waals surface area contributed by atoms with Gasteiger partial charge in [-0.05, 0) is 49.2 Å². The molecule has 1 heterocycles. The van der Waals surface area contributed by atoms with E-state index in [1.54, 1.807) is 40.6 Å². The number of rotatable bonds is 32. The zero-order valence-electron chi connectivity index (χ0n) is 38.7. The summed E-state index contributed by atoms with van der Waals surface area (Å²) in [5, 5.41) is 24.9. The van der Waals surface area contributed by atoms with Gasteiger partial charge in [0.15, 0.2) is 13.1 Å². The van der Waals surface area contributed by atoms with Crippen molar-refractivity contribution in [2.75, 3.05) is 157 Å². The molecule has 0 atom stereocenters. The molecule has 0 amide bonds. The number of nitrogens with zero attached hydrogens (tertiary/aromatic N) is 4. The summed E-state index contributed by atoms with van der Waals surface area (Å²) in [6.07, 6.45) is 0.680. The van der Waals surface area contributed by atoms with Gasteiger partial charge in [0.05, 0.1) is 77.1 Å². The van der Waals surface area contributed by atoms with E-state index in [-0.39, 0.29) is 11.4 Å². The number of benzene rings is 4. The number of nitro groups is 1. The molecule has 0 saturated carbocycles. The van der Waals surface area contributed by atoms with Crippen molar-refractivity contribution < 1.29 is 52.3 Å². The highest BCUT2D eigenvalue weighted by molar-refractivity contribution is 6.04. The number of nitro benzene ring substituents is 1. The Bertz CT molecular complexity index is 2190. The van der Waals surface area contributed by atoms with Crippen LogP contribution in [0.3, 0.4) is 0 Å². The predicted octanol–water partition coefficient (Wildman–Crippen LogP) is 6.12. The average molecular weight is 904 g/mol. The van der Waals surface area contributed by atoms with Crippen molar-refractivity contribution in [2.24, 2.45) is 0 Å². The molecule has 5 rings (SSSR count). The van der Waals surface area contributed by atoms with Crippen LogP contribution in [-0.2, 0) is 44.3 Å². The Balaban J connectivity index is 1.58. The first-order valence-electron chi connectivity index (χ1n) is 22.2. The summed E-state index contributed by atoms with van der Waals surface area (Å²) < 4.78 is 53.3. The summed E-state index contributed by atoms with van der Waals surface area (Å²) in [5.74, 6) is 0.774. The fourth-order valence-electron chi connectivity index (χ4n) is 7.41. The van der Waals surface area contributed by atoms with Gasteiger partial charge in [0.2, 0.25) is 5.36 Å². The lowest BCUT2D eigenvalue weighted by Crippen LogP contribution is -2.36. The molecule has 65 heavy (non-hydrogen) atoms. The van der Waals surface area contributed by atoms with E-state index in [2.05, 4.69) is 45.6 Å². The van der Waals surface area contributed by atoms with Gasteiger partial charge in [-0.15, -0.1) is 0 Å². The molecule has 2 aliphatic rings. The Morgan fingerprint density at radius 2 is 1.15 bits per heavy atom. The highest BCUT2D eigenvalue weighted by atomic mass is 16.6. The third-order valence-corrected chi connectivity index (χ3v) is 11.0. The zero-order chi connectivity index (χ0) is 46.2. The van der Waals surface area contributed by atoms with Crippen LogP contribution in [0.15, 0.2) is 83.3 Å². The summed E-state index contributed by atoms with van der Waals surface area (Å²) in [5.41, 5.74) is 5.84. The number of phenols is 1. The highest BCUT2D eigenvalue weighted by Crippen LogP contribution is 2.44. The molecule has 0 aromatic heterocycles. The molecular weight excluding hydrogens is 837 g/mol. The minimum absolute atomic E-state index is 0.0655. The Morgan fingerprint density at radius 3 is 1.71 bits per heavy atom. The third kappa shape index (κ3) is 15.5. The first-order valence-corrected chi connectivity index (χ1v) is 22.2. The van der Waals surface area contributed by atoms with Gasteiger partial charge >= 0.3 is 0 Å². The Morgan fingerprint density at radius 1 is 0.600 bits per heavy atom. The second-order valence-corrected chi connectivity index (χ2v) is 15.2. The molecule has 0 radical (unpaired) electrons. The highest BCUT2D eigenvalue weighted by Gasteiger charge is 2.23. The normalized spacial score (nSPS) is 11.5. The molecule has 3 aromatic rings. The van der Waals surface area contributed by atoms with Crippen molar-refractivity contribution in [3.63, 3.8) is 0 Å². The molecular formula is C49H67N4O12+. The molecule has 0 saturated heterocycles. The lowest BCUT2D eigenvalue weighted by atomic mass is 9.92. The summed E-state index contributed by atoms with van der Waals surface area (Å²) in [6, 6.07) is 24.8. The monoisotopic (exact) mass is 903 g/mol. The van der Waals surface area contributed by atoms with Gasteiger partial charge in [-0.1, -0.05) is 12.1 Å². The van der Waals surface area contributed by atoms with Crippen molar-refractivity contribution in [2.45, 2.75) is 13.3 Å². The topological polar surface area (TPSA) is 160 Å². The number of likely N-dealkylation sites (N-methyl/N-ethyl adjacent to an activating group) is 1. The van der Waals surface area contributed by atoms with Crippen LogP contribution < -0.4 is 19.7 Å². The minimum Gasteiger partial charge on any atom is -0.507 e. The standard InChI is InChI=1S/C49H66N4O12/c1-6-50(18-17-38-7-9-39(10-8-38)53(55)56)40-11-14-43(46(54)35-40)49-44-15-12-41(51(19-23-61-31-27-57-2)20-24-62-32-28-58-3)36-47(44)65-48-37-42(13-16-45(48)49)52(21-25-63-33-29-59-4)22-26-64-34-30-60-5/h7-16,35-37H,6,17-34H2,1-5H3/p+1. The maximum absolute atomic E-state index is 12.0. The lowest BCUT2D eigenvalue weighted by molar-refractivity contribution is -0.384. The van der Waals surface area contributed by atoms with Gasteiger partial charge in [-0.25, -0.2) is 4.58 Å². The van der Waals surface area contributed by atoms with Crippen LogP contribution in [0.5, 0.6) is 5.75 Å². The zero-order valence-corrected chi connectivity index (χ0v) is 38.7. The van der Waals surface area contributed by atoms with E-state index >= 15 is 0 Å². The maximum atomic E-state index is 12.0. The van der Waals surface area contributed by atoms with E-state index in [4.69, 9.17) is 42.3 Å². The number of non-ortho nitro benzene ring substituents is 1. The van der Waals surface area contributed by atoms with E-state index < -0.39 is 4.92 Å². The van der Waals surface area contributed by atoms with Gasteiger partial charge in [0.25, 0.3) is 5.69 Å². The average Bonchev–Trinajstić information content (AvgIpc) is 3.32. The number of phenolic OH excluding ortho intramolecular Hbond substituents is 1. The maximum Gasteiger partial charge on any atom is 0.269 e. The number of hydrogen-bond acceptors (Lipinski definition) is 14. The van der Waals surface area contributed by atoms with E-state index in [1.165, 1.54) is 12.1 Å². The summed E-state index contributed by atoms with van der Waals surface area (Å²) >= 11 is 0.